The van der Waals surface area contributed by atoms with Crippen molar-refractivity contribution in [3.8, 4) is 11.5 Å². The minimum atomic E-state index is -6.03. The number of halogens is 3. The van der Waals surface area contributed by atoms with Crippen molar-refractivity contribution in [2.75, 3.05) is 26.2 Å². The zero-order valence-corrected chi connectivity index (χ0v) is 27.2. The standard InChI is InChI=1S/C35H38F3N3O6S/c36-35(37,38)48(44,45)47-28-12-11-26-20-29-34(43)15-19-40(30(42)21-27-8-4-5-16-39-27)17-13-33(34,14-18-41(29)22-24-9-10-24)31(26)32(28)46-23-25-6-2-1-3-7-25/h1-8,11-12,16,24,29,43H,9-10,13-15,17-23H2/t29-,33+,34-/m1/s1. The van der Waals surface area contributed by atoms with Gasteiger partial charge in [-0.15, -0.1) is 0 Å². The number of ether oxygens (including phenoxy) is 1. The van der Waals surface area contributed by atoms with Crippen LogP contribution >= 0.6 is 0 Å². The zero-order chi connectivity index (χ0) is 33.7. The SMILES string of the molecule is O=C(Cc1ccccn1)N1CC[C@]23CCN(CC4CC4)[C@H](Cc4ccc(OS(=O)(=O)C(F)(F)F)c(OCc5ccccc5)c42)[C@]3(O)CC1. The van der Waals surface area contributed by atoms with Crippen molar-refractivity contribution < 1.29 is 40.4 Å². The van der Waals surface area contributed by atoms with Crippen LogP contribution in [0, 0.1) is 5.92 Å². The van der Waals surface area contributed by atoms with E-state index in [1.165, 1.54) is 6.07 Å². The summed E-state index contributed by atoms with van der Waals surface area (Å²) in [5.74, 6) is -0.279. The van der Waals surface area contributed by atoms with E-state index >= 15 is 0 Å². The topological polar surface area (TPSA) is 109 Å². The van der Waals surface area contributed by atoms with Gasteiger partial charge in [0.2, 0.25) is 5.91 Å². The van der Waals surface area contributed by atoms with Crippen molar-refractivity contribution in [3.05, 3.63) is 89.2 Å². The van der Waals surface area contributed by atoms with Crippen LogP contribution in [0.3, 0.4) is 0 Å². The largest absolute Gasteiger partial charge is 0.534 e. The molecule has 1 N–H and O–H groups in total. The van der Waals surface area contributed by atoms with Crippen LogP contribution in [0.15, 0.2) is 66.9 Å². The van der Waals surface area contributed by atoms with Gasteiger partial charge < -0.3 is 18.9 Å². The second-order valence-corrected chi connectivity index (χ2v) is 15.0. The molecule has 1 aromatic heterocycles. The Balaban J connectivity index is 1.33. The van der Waals surface area contributed by atoms with Gasteiger partial charge in [0.1, 0.15) is 6.61 Å². The number of piperidine rings is 1. The van der Waals surface area contributed by atoms with Gasteiger partial charge in [-0.25, -0.2) is 0 Å². The lowest BCUT2D eigenvalue weighted by molar-refractivity contribution is -0.150. The highest BCUT2D eigenvalue weighted by atomic mass is 32.2. The van der Waals surface area contributed by atoms with Gasteiger partial charge in [0.15, 0.2) is 11.5 Å². The number of aliphatic hydroxyl groups is 1. The summed E-state index contributed by atoms with van der Waals surface area (Å²) in [4.78, 5) is 22.0. The van der Waals surface area contributed by atoms with Crippen molar-refractivity contribution in [1.82, 2.24) is 14.8 Å². The van der Waals surface area contributed by atoms with Crippen molar-refractivity contribution in [1.29, 1.82) is 0 Å². The molecular formula is C35H38F3N3O6S. The Hall–Kier alpha value is -3.68. The predicted molar refractivity (Wildman–Crippen MR) is 170 cm³/mol. The van der Waals surface area contributed by atoms with Crippen LogP contribution in [0.4, 0.5) is 13.2 Å². The smallest absolute Gasteiger partial charge is 0.485 e. The highest BCUT2D eigenvalue weighted by Crippen LogP contribution is 2.60. The second-order valence-electron chi connectivity index (χ2n) is 13.5. The Labute approximate surface area is 277 Å². The summed E-state index contributed by atoms with van der Waals surface area (Å²) in [5, 5.41) is 13.1. The minimum absolute atomic E-state index is 0.0693. The Morgan fingerprint density at radius 1 is 0.979 bits per heavy atom. The molecule has 0 spiro atoms. The third-order valence-corrected chi connectivity index (χ3v) is 11.6. The lowest BCUT2D eigenvalue weighted by Crippen LogP contribution is -2.71. The number of amides is 1. The molecule has 48 heavy (non-hydrogen) atoms. The fourth-order valence-corrected chi connectivity index (χ4v) is 8.53. The van der Waals surface area contributed by atoms with Gasteiger partial charge in [-0.2, -0.15) is 21.6 Å². The summed E-state index contributed by atoms with van der Waals surface area (Å²) < 4.78 is 76.6. The van der Waals surface area contributed by atoms with Gasteiger partial charge in [-0.1, -0.05) is 42.5 Å². The first kappa shape index (κ1) is 32.8. The summed E-state index contributed by atoms with van der Waals surface area (Å²) in [7, 11) is -6.03. The molecule has 3 atom stereocenters. The van der Waals surface area contributed by atoms with E-state index in [0.29, 0.717) is 48.5 Å². The lowest BCUT2D eigenvalue weighted by Gasteiger charge is -2.61. The second kappa shape index (κ2) is 12.3. The molecule has 2 aliphatic heterocycles. The van der Waals surface area contributed by atoms with Crippen molar-refractivity contribution in [3.63, 3.8) is 0 Å². The van der Waals surface area contributed by atoms with E-state index in [0.717, 1.165) is 24.9 Å². The van der Waals surface area contributed by atoms with Crippen LogP contribution in [0.2, 0.25) is 0 Å². The number of fused-ring (bicyclic) bond motifs is 1. The molecule has 3 fully saturated rings. The normalized spacial score (nSPS) is 25.8. The van der Waals surface area contributed by atoms with Crippen molar-refractivity contribution >= 4 is 16.0 Å². The summed E-state index contributed by atoms with van der Waals surface area (Å²) in [5.41, 5.74) is -5.53. The number of likely N-dealkylation sites (tertiary alicyclic amines) is 2. The number of carbonyl (C=O) groups is 1. The van der Waals surface area contributed by atoms with E-state index in [4.69, 9.17) is 8.92 Å². The molecule has 3 heterocycles. The van der Waals surface area contributed by atoms with Gasteiger partial charge in [0, 0.05) is 48.5 Å². The summed E-state index contributed by atoms with van der Waals surface area (Å²) in [6.45, 7) is 1.97. The predicted octanol–water partition coefficient (Wildman–Crippen LogP) is 4.76. The zero-order valence-electron chi connectivity index (χ0n) is 26.4. The van der Waals surface area contributed by atoms with Crippen LogP contribution in [-0.2, 0) is 39.8 Å². The highest BCUT2D eigenvalue weighted by Gasteiger charge is 2.65. The van der Waals surface area contributed by atoms with Crippen LogP contribution in [-0.4, -0.2) is 77.5 Å². The molecule has 2 aliphatic carbocycles. The third kappa shape index (κ3) is 5.94. The van der Waals surface area contributed by atoms with E-state index in [2.05, 4.69) is 9.88 Å². The van der Waals surface area contributed by atoms with Crippen LogP contribution in [0.25, 0.3) is 0 Å². The third-order valence-electron chi connectivity index (χ3n) is 10.6. The van der Waals surface area contributed by atoms with Gasteiger partial charge in [0.05, 0.1) is 12.0 Å². The maximum absolute atomic E-state index is 13.6. The number of alkyl halides is 3. The number of hydrogen-bond acceptors (Lipinski definition) is 8. The molecule has 2 aromatic carbocycles. The van der Waals surface area contributed by atoms with Gasteiger partial charge in [0.25, 0.3) is 0 Å². The Bertz CT molecular complexity index is 1770. The number of hydrogen-bond donors (Lipinski definition) is 1. The van der Waals surface area contributed by atoms with Crippen LogP contribution < -0.4 is 8.92 Å². The monoisotopic (exact) mass is 685 g/mol. The molecule has 9 nitrogen and oxygen atoms in total. The maximum Gasteiger partial charge on any atom is 0.534 e. The first-order valence-corrected chi connectivity index (χ1v) is 17.8. The molecule has 13 heteroatoms. The molecule has 4 aliphatic rings. The van der Waals surface area contributed by atoms with Gasteiger partial charge in [-0.05, 0) is 80.3 Å². The molecule has 0 radical (unpaired) electrons. The highest BCUT2D eigenvalue weighted by molar-refractivity contribution is 7.88. The van der Waals surface area contributed by atoms with E-state index in [-0.39, 0.29) is 50.2 Å². The summed E-state index contributed by atoms with van der Waals surface area (Å²) in [6, 6.07) is 16.9. The lowest BCUT2D eigenvalue weighted by atomic mass is 9.52. The summed E-state index contributed by atoms with van der Waals surface area (Å²) >= 11 is 0. The number of benzene rings is 2. The van der Waals surface area contributed by atoms with Crippen molar-refractivity contribution in [2.45, 2.75) is 74.1 Å². The fourth-order valence-electron chi connectivity index (χ4n) is 8.06. The minimum Gasteiger partial charge on any atom is -0.485 e. The average molecular weight is 686 g/mol. The van der Waals surface area contributed by atoms with E-state index in [1.807, 2.05) is 12.1 Å². The average Bonchev–Trinajstić information content (AvgIpc) is 3.89. The number of aromatic nitrogens is 1. The van der Waals surface area contributed by atoms with Crippen LogP contribution in [0.1, 0.15) is 54.5 Å². The first-order valence-electron chi connectivity index (χ1n) is 16.4. The fraction of sp³-hybridized carbons (Fsp3) is 0.486. The van der Waals surface area contributed by atoms with E-state index in [9.17, 15) is 31.5 Å². The number of carbonyl (C=O) groups excluding carboxylic acids is 1. The Morgan fingerprint density at radius 3 is 2.42 bits per heavy atom. The number of pyridine rings is 1. The number of rotatable bonds is 9. The summed E-state index contributed by atoms with van der Waals surface area (Å²) in [6.07, 6.45) is 5.35. The Kier molecular flexibility index (Phi) is 8.44. The molecule has 0 unspecified atom stereocenters. The molecule has 7 rings (SSSR count). The Morgan fingerprint density at radius 2 is 1.71 bits per heavy atom. The van der Waals surface area contributed by atoms with E-state index < -0.39 is 32.4 Å². The quantitative estimate of drug-likeness (QED) is 0.254. The molecule has 2 saturated heterocycles. The molecule has 1 amide bonds. The molecule has 256 valence electrons. The molecule has 2 bridgehead atoms. The maximum atomic E-state index is 13.6. The van der Waals surface area contributed by atoms with Crippen LogP contribution in [0.5, 0.6) is 11.5 Å². The first-order chi connectivity index (χ1) is 22.9. The molecule has 1 saturated carbocycles. The molecular weight excluding hydrogens is 647 g/mol. The van der Waals surface area contributed by atoms with E-state index in [1.54, 1.807) is 53.6 Å². The van der Waals surface area contributed by atoms with Crippen molar-refractivity contribution in [2.24, 2.45) is 5.92 Å². The van der Waals surface area contributed by atoms with Gasteiger partial charge in [-0.3, -0.25) is 14.7 Å². The van der Waals surface area contributed by atoms with Gasteiger partial charge >= 0.3 is 15.6 Å². The number of nitrogens with zero attached hydrogens (tertiary/aromatic N) is 3. The molecule has 3 aromatic rings.